The molecule has 0 radical (unpaired) electrons. The summed E-state index contributed by atoms with van der Waals surface area (Å²) >= 11 is 12.7. The van der Waals surface area contributed by atoms with Crippen LogP contribution in [0.5, 0.6) is 11.5 Å². The van der Waals surface area contributed by atoms with E-state index >= 15 is 0 Å². The second kappa shape index (κ2) is 10.2. The van der Waals surface area contributed by atoms with Crippen molar-refractivity contribution in [2.75, 3.05) is 7.11 Å². The number of carbonyl (C=O) groups excluding carboxylic acids is 2. The molecule has 1 fully saturated rings. The van der Waals surface area contributed by atoms with Gasteiger partial charge in [0.05, 0.1) is 29.1 Å². The fraction of sp³-hybridized carbons (Fsp3) is 0.0800. The smallest absolute Gasteiger partial charge is 0.345 e. The third-order valence-corrected chi connectivity index (χ3v) is 6.55. The molecule has 1 saturated heterocycles. The third kappa shape index (κ3) is 5.27. The minimum Gasteiger partial charge on any atom is -0.493 e. The van der Waals surface area contributed by atoms with Crippen molar-refractivity contribution in [2.45, 2.75) is 6.54 Å². The van der Waals surface area contributed by atoms with Gasteiger partial charge in [0, 0.05) is 0 Å². The maximum absolute atomic E-state index is 12.9. The fourth-order valence-corrected chi connectivity index (χ4v) is 4.66. The first-order valence-corrected chi connectivity index (χ1v) is 11.5. The number of rotatable bonds is 6. The Labute approximate surface area is 205 Å². The van der Waals surface area contributed by atoms with Gasteiger partial charge in [0.2, 0.25) is 0 Å². The highest BCUT2D eigenvalue weighted by Gasteiger charge is 2.32. The first kappa shape index (κ1) is 23.0. The molecule has 8 heteroatoms. The van der Waals surface area contributed by atoms with Gasteiger partial charge in [0.1, 0.15) is 4.32 Å². The average molecular weight is 496 g/mol. The topological polar surface area (TPSA) is 55.8 Å². The maximum Gasteiger partial charge on any atom is 0.345 e. The lowest BCUT2D eigenvalue weighted by atomic mass is 10.1. The zero-order chi connectivity index (χ0) is 23.4. The molecule has 0 aromatic heterocycles. The van der Waals surface area contributed by atoms with Crippen molar-refractivity contribution in [3.05, 3.63) is 99.4 Å². The van der Waals surface area contributed by atoms with Crippen molar-refractivity contribution in [2.24, 2.45) is 0 Å². The molecule has 0 spiro atoms. The van der Waals surface area contributed by atoms with E-state index < -0.39 is 5.97 Å². The van der Waals surface area contributed by atoms with E-state index in [-0.39, 0.29) is 17.2 Å². The summed E-state index contributed by atoms with van der Waals surface area (Å²) in [6, 6.07) is 21.4. The summed E-state index contributed by atoms with van der Waals surface area (Å²) in [6.45, 7) is 0.420. The molecule has 3 aromatic carbocycles. The van der Waals surface area contributed by atoms with Gasteiger partial charge in [-0.2, -0.15) is 0 Å². The van der Waals surface area contributed by atoms with Crippen molar-refractivity contribution in [1.82, 2.24) is 4.90 Å². The molecule has 0 aliphatic carbocycles. The zero-order valence-corrected chi connectivity index (χ0v) is 19.9. The van der Waals surface area contributed by atoms with Gasteiger partial charge in [0.25, 0.3) is 5.91 Å². The van der Waals surface area contributed by atoms with Crippen LogP contribution >= 0.6 is 35.6 Å². The molecular formula is C25H18ClNO4S2. The molecule has 0 unspecified atom stereocenters. The van der Waals surface area contributed by atoms with Gasteiger partial charge in [-0.3, -0.25) is 9.69 Å². The van der Waals surface area contributed by atoms with Crippen LogP contribution in [-0.4, -0.2) is 28.2 Å². The molecular weight excluding hydrogens is 478 g/mol. The standard InChI is InChI=1S/C25H18ClNO4S2/c1-30-21-13-17(11-12-20(21)31-24(29)18-9-5-6-10-19(18)26)14-22-23(28)27(25(32)33-22)15-16-7-3-2-4-8-16/h2-14H,15H2,1H3/b22-14+. The summed E-state index contributed by atoms with van der Waals surface area (Å²) in [5, 5.41) is 0.301. The molecule has 0 atom stereocenters. The normalized spacial score (nSPS) is 14.6. The number of carbonyl (C=O) groups is 2. The second-order valence-corrected chi connectivity index (χ2v) is 9.12. The molecule has 166 valence electrons. The van der Waals surface area contributed by atoms with Crippen LogP contribution < -0.4 is 9.47 Å². The molecule has 3 aromatic rings. The molecule has 1 amide bonds. The van der Waals surface area contributed by atoms with E-state index in [1.807, 2.05) is 30.3 Å². The number of thioether (sulfide) groups is 1. The molecule has 0 saturated carbocycles. The summed E-state index contributed by atoms with van der Waals surface area (Å²) in [5.74, 6) is -0.143. The third-order valence-electron chi connectivity index (χ3n) is 4.84. The lowest BCUT2D eigenvalue weighted by Crippen LogP contribution is -2.27. The SMILES string of the molecule is COc1cc(/C=C2/SC(=S)N(Cc3ccccc3)C2=O)ccc1OC(=O)c1ccccc1Cl. The van der Waals surface area contributed by atoms with E-state index in [0.717, 1.165) is 5.56 Å². The zero-order valence-electron chi connectivity index (χ0n) is 17.5. The average Bonchev–Trinajstić information content (AvgIpc) is 3.08. The van der Waals surface area contributed by atoms with Gasteiger partial charge in [-0.15, -0.1) is 0 Å². The Balaban J connectivity index is 1.53. The van der Waals surface area contributed by atoms with Crippen molar-refractivity contribution in [1.29, 1.82) is 0 Å². The fourth-order valence-electron chi connectivity index (χ4n) is 3.19. The van der Waals surface area contributed by atoms with Crippen LogP contribution in [0.3, 0.4) is 0 Å². The second-order valence-electron chi connectivity index (χ2n) is 7.03. The van der Waals surface area contributed by atoms with E-state index in [0.29, 0.717) is 32.1 Å². The number of hydrogen-bond donors (Lipinski definition) is 0. The van der Waals surface area contributed by atoms with E-state index in [9.17, 15) is 9.59 Å². The van der Waals surface area contributed by atoms with Crippen molar-refractivity contribution < 1.29 is 19.1 Å². The predicted octanol–water partition coefficient (Wildman–Crippen LogP) is 5.97. The highest BCUT2D eigenvalue weighted by Crippen LogP contribution is 2.35. The Morgan fingerprint density at radius 3 is 2.52 bits per heavy atom. The van der Waals surface area contributed by atoms with Gasteiger partial charge in [-0.1, -0.05) is 84.1 Å². The highest BCUT2D eigenvalue weighted by atomic mass is 35.5. The van der Waals surface area contributed by atoms with Gasteiger partial charge in [-0.05, 0) is 41.5 Å². The van der Waals surface area contributed by atoms with E-state index in [4.69, 9.17) is 33.3 Å². The number of halogens is 1. The largest absolute Gasteiger partial charge is 0.493 e. The quantitative estimate of drug-likeness (QED) is 0.182. The van der Waals surface area contributed by atoms with Gasteiger partial charge < -0.3 is 9.47 Å². The summed E-state index contributed by atoms with van der Waals surface area (Å²) in [4.78, 5) is 27.5. The number of hydrogen-bond acceptors (Lipinski definition) is 6. The molecule has 5 nitrogen and oxygen atoms in total. The number of benzene rings is 3. The Morgan fingerprint density at radius 1 is 1.06 bits per heavy atom. The van der Waals surface area contributed by atoms with E-state index in [2.05, 4.69) is 0 Å². The number of nitrogens with zero attached hydrogens (tertiary/aromatic N) is 1. The Hall–Kier alpha value is -3.13. The molecule has 1 heterocycles. The van der Waals surface area contributed by atoms with Crippen LogP contribution in [0.2, 0.25) is 5.02 Å². The van der Waals surface area contributed by atoms with Crippen molar-refractivity contribution >= 4 is 57.9 Å². The number of ether oxygens (including phenoxy) is 2. The van der Waals surface area contributed by atoms with E-state index in [1.54, 1.807) is 53.4 Å². The highest BCUT2D eigenvalue weighted by molar-refractivity contribution is 8.26. The molecule has 1 aliphatic heterocycles. The summed E-state index contributed by atoms with van der Waals surface area (Å²) in [5.41, 5.74) is 1.97. The van der Waals surface area contributed by atoms with Crippen LogP contribution in [0.4, 0.5) is 0 Å². The Kier molecular flexibility index (Phi) is 7.13. The molecule has 1 aliphatic rings. The van der Waals surface area contributed by atoms with Gasteiger partial charge >= 0.3 is 5.97 Å². The van der Waals surface area contributed by atoms with Crippen LogP contribution in [0.1, 0.15) is 21.5 Å². The van der Waals surface area contributed by atoms with Crippen molar-refractivity contribution in [3.63, 3.8) is 0 Å². The van der Waals surface area contributed by atoms with Gasteiger partial charge in [0.15, 0.2) is 11.5 Å². The van der Waals surface area contributed by atoms with E-state index in [1.165, 1.54) is 18.9 Å². The Bertz CT molecular complexity index is 1260. The first-order valence-electron chi connectivity index (χ1n) is 9.90. The lowest BCUT2D eigenvalue weighted by molar-refractivity contribution is -0.122. The Morgan fingerprint density at radius 2 is 1.79 bits per heavy atom. The summed E-state index contributed by atoms with van der Waals surface area (Å²) in [6.07, 6.45) is 1.74. The van der Waals surface area contributed by atoms with Gasteiger partial charge in [-0.25, -0.2) is 4.79 Å². The number of amides is 1. The maximum atomic E-state index is 12.9. The van der Waals surface area contributed by atoms with Crippen LogP contribution in [0, 0.1) is 0 Å². The van der Waals surface area contributed by atoms with Crippen molar-refractivity contribution in [3.8, 4) is 11.5 Å². The first-order chi connectivity index (χ1) is 16.0. The molecule has 0 bridgehead atoms. The van der Waals surface area contributed by atoms with Crippen LogP contribution in [-0.2, 0) is 11.3 Å². The monoisotopic (exact) mass is 495 g/mol. The summed E-state index contributed by atoms with van der Waals surface area (Å²) in [7, 11) is 1.48. The predicted molar refractivity (Wildman–Crippen MR) is 135 cm³/mol. The minimum atomic E-state index is -0.589. The minimum absolute atomic E-state index is 0.151. The summed E-state index contributed by atoms with van der Waals surface area (Å²) < 4.78 is 11.4. The molecule has 4 rings (SSSR count). The number of methoxy groups -OCH3 is 1. The molecule has 33 heavy (non-hydrogen) atoms. The number of thiocarbonyl (C=S) groups is 1. The van der Waals surface area contributed by atoms with Crippen LogP contribution in [0.15, 0.2) is 77.7 Å². The van der Waals surface area contributed by atoms with Crippen LogP contribution in [0.25, 0.3) is 6.08 Å². The number of esters is 1. The lowest BCUT2D eigenvalue weighted by Gasteiger charge is -2.14. The molecule has 0 N–H and O–H groups in total.